The number of methoxy groups -OCH3 is 1. The second-order valence-electron chi connectivity index (χ2n) is 6.65. The Morgan fingerprint density at radius 1 is 0.903 bits per heavy atom. The molecule has 9 nitrogen and oxygen atoms in total. The van der Waals surface area contributed by atoms with E-state index in [-0.39, 0.29) is 11.9 Å². The van der Waals surface area contributed by atoms with Crippen LogP contribution in [0.1, 0.15) is 11.4 Å². The zero-order valence-corrected chi connectivity index (χ0v) is 17.8. The number of para-hydroxylation sites is 1. The maximum Gasteiger partial charge on any atom is 0.225 e. The molecule has 2 heterocycles. The first-order chi connectivity index (χ1) is 15.1. The lowest BCUT2D eigenvalue weighted by Gasteiger charge is -2.12. The van der Waals surface area contributed by atoms with Crippen molar-refractivity contribution < 1.29 is 4.74 Å². The van der Waals surface area contributed by atoms with Gasteiger partial charge in [0.15, 0.2) is 11.0 Å². The third kappa shape index (κ3) is 4.92. The smallest absolute Gasteiger partial charge is 0.225 e. The molecule has 4 N–H and O–H groups in total. The molecule has 0 atom stereocenters. The van der Waals surface area contributed by atoms with Crippen molar-refractivity contribution in [2.75, 3.05) is 18.6 Å². The summed E-state index contributed by atoms with van der Waals surface area (Å²) in [6, 6.07) is 18.1. The Kier molecular flexibility index (Phi) is 6.27. The Morgan fingerprint density at radius 3 is 2.35 bits per heavy atom. The van der Waals surface area contributed by atoms with Gasteiger partial charge in [-0.2, -0.15) is 15.0 Å². The van der Waals surface area contributed by atoms with Crippen molar-refractivity contribution in [1.82, 2.24) is 29.7 Å². The van der Waals surface area contributed by atoms with Gasteiger partial charge in [0.05, 0.1) is 18.4 Å². The molecule has 158 valence electrons. The molecule has 0 unspecified atom stereocenters. The average molecular weight is 435 g/mol. The lowest BCUT2D eigenvalue weighted by molar-refractivity contribution is 0.415. The topological polar surface area (TPSA) is 131 Å². The van der Waals surface area contributed by atoms with Crippen LogP contribution in [-0.4, -0.2) is 36.8 Å². The second-order valence-corrected chi connectivity index (χ2v) is 7.59. The third-order valence-electron chi connectivity index (χ3n) is 4.58. The molecular formula is C21H22N8OS. The minimum Gasteiger partial charge on any atom is -0.496 e. The van der Waals surface area contributed by atoms with Crippen molar-refractivity contribution >= 4 is 23.7 Å². The first-order valence-electron chi connectivity index (χ1n) is 9.63. The Balaban J connectivity index is 1.64. The number of rotatable bonds is 8. The molecule has 2 aromatic carbocycles. The highest BCUT2D eigenvalue weighted by Gasteiger charge is 2.18. The Labute approximate surface area is 183 Å². The molecule has 0 bridgehead atoms. The maximum atomic E-state index is 5.68. The van der Waals surface area contributed by atoms with Gasteiger partial charge in [-0.15, -0.1) is 10.2 Å². The van der Waals surface area contributed by atoms with E-state index in [4.69, 9.17) is 16.2 Å². The summed E-state index contributed by atoms with van der Waals surface area (Å²) in [5, 5.41) is 9.64. The fourth-order valence-electron chi connectivity index (χ4n) is 3.16. The quantitative estimate of drug-likeness (QED) is 0.402. The van der Waals surface area contributed by atoms with Gasteiger partial charge in [-0.1, -0.05) is 54.2 Å². The van der Waals surface area contributed by atoms with Crippen molar-refractivity contribution in [2.24, 2.45) is 0 Å². The molecule has 4 aromatic rings. The largest absolute Gasteiger partial charge is 0.496 e. The second kappa shape index (κ2) is 9.43. The van der Waals surface area contributed by atoms with Crippen molar-refractivity contribution in [3.05, 3.63) is 66.0 Å². The maximum absolute atomic E-state index is 5.68. The van der Waals surface area contributed by atoms with E-state index in [1.807, 2.05) is 42.5 Å². The van der Waals surface area contributed by atoms with Crippen LogP contribution in [0.2, 0.25) is 0 Å². The standard InChI is InChI=1S/C21H22N8OS/c1-30-16-10-6-5-9-15(16)18-27-28-21(29(18)12-11-14-7-3-2-4-8-14)31-13-17-24-19(22)26-20(23)25-17/h2-10H,11-13H2,1H3,(H4,22,23,24,25,26). The summed E-state index contributed by atoms with van der Waals surface area (Å²) in [6.07, 6.45) is 0.834. The van der Waals surface area contributed by atoms with Crippen LogP contribution in [0.5, 0.6) is 5.75 Å². The molecule has 0 aliphatic carbocycles. The molecule has 0 saturated carbocycles. The van der Waals surface area contributed by atoms with Gasteiger partial charge >= 0.3 is 0 Å². The summed E-state index contributed by atoms with van der Waals surface area (Å²) >= 11 is 1.47. The van der Waals surface area contributed by atoms with Gasteiger partial charge in [0.25, 0.3) is 0 Å². The summed E-state index contributed by atoms with van der Waals surface area (Å²) < 4.78 is 7.63. The molecule has 4 rings (SSSR count). The predicted molar refractivity (Wildman–Crippen MR) is 120 cm³/mol. The molecule has 0 spiro atoms. The van der Waals surface area contributed by atoms with Crippen LogP contribution in [0.15, 0.2) is 59.8 Å². The molecule has 31 heavy (non-hydrogen) atoms. The van der Waals surface area contributed by atoms with Crippen LogP contribution in [0.4, 0.5) is 11.9 Å². The first kappa shape index (κ1) is 20.6. The fraction of sp³-hybridized carbons (Fsp3) is 0.190. The Bertz CT molecular complexity index is 1150. The van der Waals surface area contributed by atoms with E-state index in [9.17, 15) is 0 Å². The monoisotopic (exact) mass is 434 g/mol. The van der Waals surface area contributed by atoms with E-state index in [0.717, 1.165) is 28.7 Å². The summed E-state index contributed by atoms with van der Waals surface area (Å²) in [5.41, 5.74) is 13.5. The van der Waals surface area contributed by atoms with Crippen LogP contribution in [0, 0.1) is 0 Å². The number of nitrogen functional groups attached to an aromatic ring is 2. The van der Waals surface area contributed by atoms with E-state index in [2.05, 4.69) is 41.8 Å². The average Bonchev–Trinajstić information content (AvgIpc) is 3.19. The van der Waals surface area contributed by atoms with E-state index in [1.54, 1.807) is 7.11 Å². The summed E-state index contributed by atoms with van der Waals surface area (Å²) in [7, 11) is 1.65. The van der Waals surface area contributed by atoms with Gasteiger partial charge in [0.2, 0.25) is 11.9 Å². The highest BCUT2D eigenvalue weighted by Crippen LogP contribution is 2.31. The van der Waals surface area contributed by atoms with E-state index in [0.29, 0.717) is 18.1 Å². The first-order valence-corrected chi connectivity index (χ1v) is 10.6. The van der Waals surface area contributed by atoms with Gasteiger partial charge in [0.1, 0.15) is 11.6 Å². The number of hydrogen-bond donors (Lipinski definition) is 2. The number of anilines is 2. The minimum absolute atomic E-state index is 0.100. The molecule has 10 heteroatoms. The van der Waals surface area contributed by atoms with Crippen molar-refractivity contribution in [2.45, 2.75) is 23.9 Å². The number of benzene rings is 2. The molecule has 0 saturated heterocycles. The summed E-state index contributed by atoms with van der Waals surface area (Å²) in [6.45, 7) is 0.703. The van der Waals surface area contributed by atoms with Crippen molar-refractivity contribution in [1.29, 1.82) is 0 Å². The zero-order chi connectivity index (χ0) is 21.6. The number of aromatic nitrogens is 6. The van der Waals surface area contributed by atoms with Crippen LogP contribution in [0.25, 0.3) is 11.4 Å². The van der Waals surface area contributed by atoms with Gasteiger partial charge in [-0.05, 0) is 24.1 Å². The van der Waals surface area contributed by atoms with Gasteiger partial charge < -0.3 is 20.8 Å². The van der Waals surface area contributed by atoms with Crippen LogP contribution in [-0.2, 0) is 18.7 Å². The number of nitrogens with two attached hydrogens (primary N) is 2. The van der Waals surface area contributed by atoms with E-state index < -0.39 is 0 Å². The van der Waals surface area contributed by atoms with Crippen LogP contribution >= 0.6 is 11.8 Å². The van der Waals surface area contributed by atoms with E-state index >= 15 is 0 Å². The van der Waals surface area contributed by atoms with Crippen LogP contribution < -0.4 is 16.2 Å². The number of thioether (sulfide) groups is 1. The van der Waals surface area contributed by atoms with Gasteiger partial charge in [-0.25, -0.2) is 0 Å². The minimum atomic E-state index is 0.100. The number of aryl methyl sites for hydroxylation is 1. The molecular weight excluding hydrogens is 412 g/mol. The third-order valence-corrected chi connectivity index (χ3v) is 5.54. The van der Waals surface area contributed by atoms with Crippen molar-refractivity contribution in [3.63, 3.8) is 0 Å². The molecule has 0 amide bonds. The molecule has 0 radical (unpaired) electrons. The van der Waals surface area contributed by atoms with Crippen molar-refractivity contribution in [3.8, 4) is 17.1 Å². The summed E-state index contributed by atoms with van der Waals surface area (Å²) in [5.74, 6) is 2.61. The number of ether oxygens (including phenoxy) is 1. The predicted octanol–water partition coefficient (Wildman–Crippen LogP) is 2.84. The molecule has 0 aliphatic rings. The van der Waals surface area contributed by atoms with E-state index in [1.165, 1.54) is 17.3 Å². The lowest BCUT2D eigenvalue weighted by Crippen LogP contribution is -2.08. The number of nitrogens with zero attached hydrogens (tertiary/aromatic N) is 6. The van der Waals surface area contributed by atoms with Gasteiger partial charge in [-0.3, -0.25) is 0 Å². The molecule has 2 aromatic heterocycles. The molecule has 0 aliphatic heterocycles. The van der Waals surface area contributed by atoms with Crippen LogP contribution in [0.3, 0.4) is 0 Å². The summed E-state index contributed by atoms with van der Waals surface area (Å²) in [4.78, 5) is 12.1. The highest BCUT2D eigenvalue weighted by molar-refractivity contribution is 7.98. The lowest BCUT2D eigenvalue weighted by atomic mass is 10.1. The zero-order valence-electron chi connectivity index (χ0n) is 17.0. The highest BCUT2D eigenvalue weighted by atomic mass is 32.2. The normalized spacial score (nSPS) is 10.9. The number of hydrogen-bond acceptors (Lipinski definition) is 9. The Morgan fingerprint density at radius 2 is 1.61 bits per heavy atom. The Hall–Kier alpha value is -3.66. The molecule has 0 fully saturated rings. The SMILES string of the molecule is COc1ccccc1-c1nnc(SCc2nc(N)nc(N)n2)n1CCc1ccccc1. The van der Waals surface area contributed by atoms with Gasteiger partial charge in [0, 0.05) is 6.54 Å². The fourth-order valence-corrected chi connectivity index (χ4v) is 3.98.